The predicted octanol–water partition coefficient (Wildman–Crippen LogP) is 1.92. The molecule has 0 saturated heterocycles. The molecule has 0 fully saturated rings. The van der Waals surface area contributed by atoms with Crippen molar-refractivity contribution in [2.24, 2.45) is 0 Å². The van der Waals surface area contributed by atoms with E-state index < -0.39 is 5.12 Å². The summed E-state index contributed by atoms with van der Waals surface area (Å²) in [5.74, 6) is 0.125. The Morgan fingerprint density at radius 1 is 1.75 bits per heavy atom. The topological polar surface area (TPSA) is 13.1 Å². The molecule has 1 rings (SSSR count). The van der Waals surface area contributed by atoms with Crippen molar-refractivity contribution in [1.29, 1.82) is 0 Å². The van der Waals surface area contributed by atoms with E-state index in [0.717, 1.165) is 0 Å². The smallest absolute Gasteiger partial charge is 0.228 e. The fraction of sp³-hybridized carbons (Fsp3) is 0. The molecule has 42 valence electrons. The summed E-state index contributed by atoms with van der Waals surface area (Å²) in [5.41, 5.74) is 0. The highest BCUT2D eigenvalue weighted by molar-refractivity contribution is 7.80. The molecular formula is C5H3FOS. The summed E-state index contributed by atoms with van der Waals surface area (Å²) in [7, 11) is 0. The van der Waals surface area contributed by atoms with Crippen LogP contribution in [0, 0.1) is 0 Å². The van der Waals surface area contributed by atoms with Crippen LogP contribution in [-0.2, 0) is 0 Å². The van der Waals surface area contributed by atoms with E-state index in [-0.39, 0.29) is 5.76 Å². The van der Waals surface area contributed by atoms with E-state index in [1.807, 2.05) is 0 Å². The van der Waals surface area contributed by atoms with Gasteiger partial charge in [0.2, 0.25) is 5.12 Å². The van der Waals surface area contributed by atoms with Gasteiger partial charge in [-0.1, -0.05) is 0 Å². The van der Waals surface area contributed by atoms with Gasteiger partial charge in [-0.2, -0.15) is 4.39 Å². The number of hydrogen-bond donors (Lipinski definition) is 0. The van der Waals surface area contributed by atoms with Gasteiger partial charge in [0.25, 0.3) is 0 Å². The fourth-order valence-corrected chi connectivity index (χ4v) is 0.507. The summed E-state index contributed by atoms with van der Waals surface area (Å²) in [6.07, 6.45) is 1.38. The Morgan fingerprint density at radius 3 is 2.75 bits per heavy atom. The molecule has 0 saturated carbocycles. The predicted molar refractivity (Wildman–Crippen MR) is 31.5 cm³/mol. The highest BCUT2D eigenvalue weighted by atomic mass is 32.1. The Balaban J connectivity index is 2.93. The summed E-state index contributed by atoms with van der Waals surface area (Å²) < 4.78 is 16.5. The lowest BCUT2D eigenvalue weighted by Crippen LogP contribution is -1.80. The maximum absolute atomic E-state index is 11.9. The van der Waals surface area contributed by atoms with Crippen molar-refractivity contribution < 1.29 is 8.81 Å². The van der Waals surface area contributed by atoms with Crippen molar-refractivity contribution in [3.8, 4) is 0 Å². The second-order valence-corrected chi connectivity index (χ2v) is 1.61. The molecule has 8 heavy (non-hydrogen) atoms. The lowest BCUT2D eigenvalue weighted by Gasteiger charge is -1.79. The zero-order chi connectivity index (χ0) is 5.98. The highest BCUT2D eigenvalue weighted by Crippen LogP contribution is 2.01. The van der Waals surface area contributed by atoms with Crippen molar-refractivity contribution in [1.82, 2.24) is 0 Å². The molecule has 0 amide bonds. The summed E-state index contributed by atoms with van der Waals surface area (Å²) in [6.45, 7) is 0. The van der Waals surface area contributed by atoms with Crippen LogP contribution in [0.25, 0.3) is 0 Å². The van der Waals surface area contributed by atoms with Crippen molar-refractivity contribution in [2.75, 3.05) is 0 Å². The molecule has 0 atom stereocenters. The molecule has 0 aliphatic carbocycles. The molecule has 1 aromatic heterocycles. The Morgan fingerprint density at radius 2 is 2.50 bits per heavy atom. The van der Waals surface area contributed by atoms with Crippen molar-refractivity contribution >= 4 is 17.3 Å². The minimum Gasteiger partial charge on any atom is -0.461 e. The van der Waals surface area contributed by atoms with Gasteiger partial charge in [-0.3, -0.25) is 0 Å². The molecule has 0 aliphatic rings. The van der Waals surface area contributed by atoms with Crippen LogP contribution >= 0.6 is 12.2 Å². The molecule has 1 nitrogen and oxygen atoms in total. The molecule has 0 aromatic carbocycles. The maximum atomic E-state index is 11.9. The number of thiocarbonyl (C=S) groups is 1. The average molecular weight is 130 g/mol. The van der Waals surface area contributed by atoms with Gasteiger partial charge in [0.15, 0.2) is 5.76 Å². The standard InChI is InChI=1S/C5H3FOS/c6-5(8)4-2-1-3-7-4/h1-3H. The Kier molecular flexibility index (Phi) is 1.39. The summed E-state index contributed by atoms with van der Waals surface area (Å²) >= 11 is 4.16. The lowest BCUT2D eigenvalue weighted by molar-refractivity contribution is 0.547. The quantitative estimate of drug-likeness (QED) is 0.425. The summed E-state index contributed by atoms with van der Waals surface area (Å²) in [5, 5.41) is -0.699. The molecule has 0 spiro atoms. The molecule has 0 bridgehead atoms. The van der Waals surface area contributed by atoms with E-state index in [1.165, 1.54) is 12.3 Å². The van der Waals surface area contributed by atoms with Gasteiger partial charge in [-0.05, 0) is 24.4 Å². The maximum Gasteiger partial charge on any atom is 0.228 e. The van der Waals surface area contributed by atoms with E-state index in [1.54, 1.807) is 6.07 Å². The molecule has 3 heteroatoms. The zero-order valence-corrected chi connectivity index (χ0v) is 4.74. The first-order valence-corrected chi connectivity index (χ1v) is 2.45. The van der Waals surface area contributed by atoms with E-state index in [9.17, 15) is 4.39 Å². The molecular weight excluding hydrogens is 127 g/mol. The third-order valence-corrected chi connectivity index (χ3v) is 0.916. The summed E-state index contributed by atoms with van der Waals surface area (Å²) in [6, 6.07) is 3.06. The first-order valence-electron chi connectivity index (χ1n) is 2.04. The van der Waals surface area contributed by atoms with Crippen LogP contribution < -0.4 is 0 Å². The molecule has 1 aromatic rings. The van der Waals surface area contributed by atoms with Crippen LogP contribution in [0.3, 0.4) is 0 Å². The molecule has 1 heterocycles. The Labute approximate surface area is 51.1 Å². The minimum absolute atomic E-state index is 0.125. The third kappa shape index (κ3) is 0.924. The van der Waals surface area contributed by atoms with Gasteiger partial charge < -0.3 is 4.42 Å². The Hall–Kier alpha value is -0.700. The first-order chi connectivity index (χ1) is 3.80. The largest absolute Gasteiger partial charge is 0.461 e. The van der Waals surface area contributed by atoms with Crippen LogP contribution in [-0.4, -0.2) is 5.12 Å². The monoisotopic (exact) mass is 130 g/mol. The van der Waals surface area contributed by atoms with Gasteiger partial charge in [0.05, 0.1) is 6.26 Å². The van der Waals surface area contributed by atoms with E-state index >= 15 is 0 Å². The number of halogens is 1. The number of furan rings is 1. The van der Waals surface area contributed by atoms with E-state index in [4.69, 9.17) is 0 Å². The Bertz CT molecular complexity index is 180. The normalized spacial score (nSPS) is 9.12. The lowest BCUT2D eigenvalue weighted by atomic mass is 10.5. The third-order valence-electron chi connectivity index (χ3n) is 0.715. The second-order valence-electron chi connectivity index (χ2n) is 1.25. The van der Waals surface area contributed by atoms with Crippen molar-refractivity contribution in [3.05, 3.63) is 24.2 Å². The van der Waals surface area contributed by atoms with Gasteiger partial charge in [0.1, 0.15) is 0 Å². The van der Waals surface area contributed by atoms with Gasteiger partial charge in [-0.25, -0.2) is 0 Å². The van der Waals surface area contributed by atoms with Crippen LogP contribution in [0.2, 0.25) is 0 Å². The molecule has 0 unspecified atom stereocenters. The van der Waals surface area contributed by atoms with Crippen molar-refractivity contribution in [2.45, 2.75) is 0 Å². The summed E-state index contributed by atoms with van der Waals surface area (Å²) in [4.78, 5) is 0. The first kappa shape index (κ1) is 5.44. The SMILES string of the molecule is FC(=S)c1ccco1. The van der Waals surface area contributed by atoms with Crippen LogP contribution in [0.15, 0.2) is 22.8 Å². The average Bonchev–Trinajstić information content (AvgIpc) is 2.12. The van der Waals surface area contributed by atoms with Crippen LogP contribution in [0.4, 0.5) is 4.39 Å². The molecule has 0 radical (unpaired) electrons. The second kappa shape index (κ2) is 2.05. The van der Waals surface area contributed by atoms with Gasteiger partial charge in [0, 0.05) is 0 Å². The van der Waals surface area contributed by atoms with Crippen LogP contribution in [0.5, 0.6) is 0 Å². The van der Waals surface area contributed by atoms with Crippen LogP contribution in [0.1, 0.15) is 5.76 Å². The number of hydrogen-bond acceptors (Lipinski definition) is 2. The van der Waals surface area contributed by atoms with E-state index in [2.05, 4.69) is 16.6 Å². The number of rotatable bonds is 1. The van der Waals surface area contributed by atoms with Gasteiger partial charge in [-0.15, -0.1) is 0 Å². The highest BCUT2D eigenvalue weighted by Gasteiger charge is 1.98. The van der Waals surface area contributed by atoms with Gasteiger partial charge >= 0.3 is 0 Å². The van der Waals surface area contributed by atoms with E-state index in [0.29, 0.717) is 0 Å². The zero-order valence-electron chi connectivity index (χ0n) is 3.93. The fourth-order valence-electron chi connectivity index (χ4n) is 0.390. The van der Waals surface area contributed by atoms with Crippen molar-refractivity contribution in [3.63, 3.8) is 0 Å². The minimum atomic E-state index is -0.699. The molecule has 0 aliphatic heterocycles. The molecule has 0 N–H and O–H groups in total.